The first kappa shape index (κ1) is 13.8. The molecule has 1 fully saturated rings. The van der Waals surface area contributed by atoms with Crippen LogP contribution in [0.25, 0.3) is 0 Å². The van der Waals surface area contributed by atoms with Crippen molar-refractivity contribution < 1.29 is 14.0 Å². The van der Waals surface area contributed by atoms with Gasteiger partial charge in [-0.05, 0) is 33.2 Å². The first-order valence-corrected chi connectivity index (χ1v) is 6.55. The molecular formula is C14H23BO3. The Labute approximate surface area is 110 Å². The van der Waals surface area contributed by atoms with Crippen molar-refractivity contribution >= 4 is 7.12 Å². The molecule has 1 aliphatic heterocycles. The van der Waals surface area contributed by atoms with Crippen LogP contribution in [-0.2, 0) is 14.0 Å². The van der Waals surface area contributed by atoms with E-state index in [0.717, 1.165) is 5.47 Å². The van der Waals surface area contributed by atoms with Gasteiger partial charge < -0.3 is 14.0 Å². The van der Waals surface area contributed by atoms with Crippen molar-refractivity contribution in [1.29, 1.82) is 0 Å². The lowest BCUT2D eigenvalue weighted by atomic mass is 9.68. The van der Waals surface area contributed by atoms with Crippen LogP contribution in [0, 0.1) is 5.92 Å². The summed E-state index contributed by atoms with van der Waals surface area (Å²) in [5.41, 5.74) is 0.576. The quantitative estimate of drug-likeness (QED) is 0.705. The number of allylic oxidation sites excluding steroid dienone is 2. The van der Waals surface area contributed by atoms with E-state index in [1.54, 1.807) is 7.11 Å². The Hall–Kier alpha value is -0.575. The van der Waals surface area contributed by atoms with E-state index in [0.29, 0.717) is 0 Å². The van der Waals surface area contributed by atoms with Crippen molar-refractivity contribution in [3.05, 3.63) is 23.7 Å². The van der Waals surface area contributed by atoms with Gasteiger partial charge in [0.1, 0.15) is 0 Å². The summed E-state index contributed by atoms with van der Waals surface area (Å²) >= 11 is 0. The predicted octanol–water partition coefficient (Wildman–Crippen LogP) is 2.77. The molecule has 3 nitrogen and oxygen atoms in total. The van der Waals surface area contributed by atoms with Gasteiger partial charge in [-0.3, -0.25) is 0 Å². The molecule has 0 aromatic heterocycles. The molecule has 2 unspecified atom stereocenters. The van der Waals surface area contributed by atoms with Crippen LogP contribution in [0.15, 0.2) is 23.7 Å². The lowest BCUT2D eigenvalue weighted by Gasteiger charge is -2.32. The fourth-order valence-electron chi connectivity index (χ4n) is 2.34. The topological polar surface area (TPSA) is 27.7 Å². The highest BCUT2D eigenvalue weighted by Crippen LogP contribution is 2.40. The molecule has 100 valence electrons. The molecule has 0 radical (unpaired) electrons. The first-order chi connectivity index (χ1) is 8.28. The smallest absolute Gasteiger partial charge is 0.400 e. The Kier molecular flexibility index (Phi) is 3.47. The number of ether oxygens (including phenoxy) is 1. The Balaban J connectivity index is 2.20. The van der Waals surface area contributed by atoms with Crippen LogP contribution in [0.2, 0.25) is 0 Å². The molecule has 18 heavy (non-hydrogen) atoms. The van der Waals surface area contributed by atoms with Crippen LogP contribution in [-0.4, -0.2) is 31.5 Å². The average molecular weight is 250 g/mol. The van der Waals surface area contributed by atoms with Crippen molar-refractivity contribution in [1.82, 2.24) is 0 Å². The summed E-state index contributed by atoms with van der Waals surface area (Å²) in [6.07, 6.45) is 6.28. The second kappa shape index (κ2) is 4.51. The normalized spacial score (nSPS) is 33.7. The molecule has 1 saturated heterocycles. The zero-order chi connectivity index (χ0) is 13.6. The third-order valence-electron chi connectivity index (χ3n) is 4.41. The molecule has 0 amide bonds. The third kappa shape index (κ3) is 2.17. The van der Waals surface area contributed by atoms with Gasteiger partial charge in [0.2, 0.25) is 0 Å². The largest absolute Gasteiger partial charge is 0.490 e. The Morgan fingerprint density at radius 2 is 1.72 bits per heavy atom. The zero-order valence-electron chi connectivity index (χ0n) is 12.2. The molecule has 0 aromatic rings. The molecule has 4 heteroatoms. The summed E-state index contributed by atoms with van der Waals surface area (Å²) in [6.45, 7) is 10.4. The summed E-state index contributed by atoms with van der Waals surface area (Å²) in [4.78, 5) is 0. The summed E-state index contributed by atoms with van der Waals surface area (Å²) in [7, 11) is 1.46. The third-order valence-corrected chi connectivity index (χ3v) is 4.41. The van der Waals surface area contributed by atoms with E-state index >= 15 is 0 Å². The van der Waals surface area contributed by atoms with Crippen molar-refractivity contribution in [3.8, 4) is 0 Å². The minimum absolute atomic E-state index is 0.101. The second-order valence-corrected chi connectivity index (χ2v) is 6.13. The number of methoxy groups -OCH3 is 1. The lowest BCUT2D eigenvalue weighted by molar-refractivity contribution is 0.00578. The van der Waals surface area contributed by atoms with Crippen LogP contribution < -0.4 is 0 Å². The minimum atomic E-state index is -0.290. The van der Waals surface area contributed by atoms with Gasteiger partial charge >= 0.3 is 7.12 Å². The summed E-state index contributed by atoms with van der Waals surface area (Å²) in [6, 6.07) is 0. The maximum absolute atomic E-state index is 6.09. The fourth-order valence-corrected chi connectivity index (χ4v) is 2.34. The molecule has 2 aliphatic rings. The molecule has 2 atom stereocenters. The highest BCUT2D eigenvalue weighted by molar-refractivity contribution is 6.54. The highest BCUT2D eigenvalue weighted by Gasteiger charge is 2.53. The van der Waals surface area contributed by atoms with Crippen molar-refractivity contribution in [3.63, 3.8) is 0 Å². The monoisotopic (exact) mass is 250 g/mol. The van der Waals surface area contributed by atoms with E-state index in [-0.39, 0.29) is 30.3 Å². The van der Waals surface area contributed by atoms with Gasteiger partial charge in [-0.1, -0.05) is 25.2 Å². The van der Waals surface area contributed by atoms with E-state index in [1.165, 1.54) is 0 Å². The van der Waals surface area contributed by atoms with Gasteiger partial charge in [0.25, 0.3) is 0 Å². The SMILES string of the molecule is COC1C=CC=C(B2OC(C)(C)C(C)(C)O2)C1C. The van der Waals surface area contributed by atoms with E-state index in [9.17, 15) is 0 Å². The Morgan fingerprint density at radius 1 is 1.17 bits per heavy atom. The molecule has 0 spiro atoms. The fraction of sp³-hybridized carbons (Fsp3) is 0.714. The van der Waals surface area contributed by atoms with Crippen LogP contribution in [0.1, 0.15) is 34.6 Å². The van der Waals surface area contributed by atoms with Gasteiger partial charge in [-0.25, -0.2) is 0 Å². The van der Waals surface area contributed by atoms with Gasteiger partial charge in [0.05, 0.1) is 17.3 Å². The van der Waals surface area contributed by atoms with Crippen molar-refractivity contribution in [2.24, 2.45) is 5.92 Å². The summed E-state index contributed by atoms with van der Waals surface area (Å²) in [5.74, 6) is 0.273. The van der Waals surface area contributed by atoms with Crippen LogP contribution in [0.4, 0.5) is 0 Å². The maximum atomic E-state index is 6.09. The molecule has 1 aliphatic carbocycles. The van der Waals surface area contributed by atoms with Crippen LogP contribution in [0.3, 0.4) is 0 Å². The van der Waals surface area contributed by atoms with Gasteiger partial charge in [0.15, 0.2) is 0 Å². The number of hydrogen-bond donors (Lipinski definition) is 0. The van der Waals surface area contributed by atoms with E-state index in [2.05, 4.69) is 46.8 Å². The summed E-state index contributed by atoms with van der Waals surface area (Å²) < 4.78 is 17.6. The Bertz CT molecular complexity index is 369. The van der Waals surface area contributed by atoms with Crippen molar-refractivity contribution in [2.75, 3.05) is 7.11 Å². The molecule has 1 heterocycles. The highest BCUT2D eigenvalue weighted by atomic mass is 16.7. The lowest BCUT2D eigenvalue weighted by Crippen LogP contribution is -2.41. The number of hydrogen-bond acceptors (Lipinski definition) is 3. The molecule has 0 bridgehead atoms. The molecule has 0 saturated carbocycles. The molecule has 0 aromatic carbocycles. The predicted molar refractivity (Wildman–Crippen MR) is 73.3 cm³/mol. The standard InChI is InChI=1S/C14H23BO3/c1-10-11(8-7-9-12(10)16-6)15-17-13(2,3)14(4,5)18-15/h7-10,12H,1-6H3. The van der Waals surface area contributed by atoms with E-state index < -0.39 is 0 Å². The van der Waals surface area contributed by atoms with Gasteiger partial charge in [0, 0.05) is 13.0 Å². The van der Waals surface area contributed by atoms with Crippen molar-refractivity contribution in [2.45, 2.75) is 51.9 Å². The van der Waals surface area contributed by atoms with Gasteiger partial charge in [-0.2, -0.15) is 0 Å². The van der Waals surface area contributed by atoms with Crippen LogP contribution in [0.5, 0.6) is 0 Å². The molecule has 2 rings (SSSR count). The molecular weight excluding hydrogens is 227 g/mol. The molecule has 0 N–H and O–H groups in total. The van der Waals surface area contributed by atoms with Gasteiger partial charge in [-0.15, -0.1) is 0 Å². The second-order valence-electron chi connectivity index (χ2n) is 6.13. The average Bonchev–Trinajstić information content (AvgIpc) is 2.48. The minimum Gasteiger partial charge on any atom is -0.400 e. The first-order valence-electron chi connectivity index (χ1n) is 6.55. The summed E-state index contributed by atoms with van der Waals surface area (Å²) in [5, 5.41) is 0. The number of rotatable bonds is 2. The zero-order valence-corrected chi connectivity index (χ0v) is 12.2. The van der Waals surface area contributed by atoms with Crippen LogP contribution >= 0.6 is 0 Å². The Morgan fingerprint density at radius 3 is 2.22 bits per heavy atom. The van der Waals surface area contributed by atoms with E-state index in [4.69, 9.17) is 14.0 Å². The van der Waals surface area contributed by atoms with E-state index in [1.807, 2.05) is 6.08 Å². The maximum Gasteiger partial charge on any atom is 0.490 e.